The standard InChI is InChI=1S/C13H20N2O2S/c1-17-10-4-6-15(7-5-10)13-14-12(9-2-3-9)11(8-16)18-13/h9-10,16H,2-8H2,1H3. The highest BCUT2D eigenvalue weighted by Gasteiger charge is 2.31. The first-order valence-corrected chi connectivity index (χ1v) is 7.51. The van der Waals surface area contributed by atoms with Crippen LogP contribution in [0.5, 0.6) is 0 Å². The lowest BCUT2D eigenvalue weighted by atomic mass is 10.1. The highest BCUT2D eigenvalue weighted by molar-refractivity contribution is 7.15. The quantitative estimate of drug-likeness (QED) is 0.908. The maximum absolute atomic E-state index is 9.42. The van der Waals surface area contributed by atoms with Crippen molar-refractivity contribution in [2.45, 2.75) is 44.3 Å². The summed E-state index contributed by atoms with van der Waals surface area (Å²) in [7, 11) is 1.79. The Kier molecular flexibility index (Phi) is 3.54. The van der Waals surface area contributed by atoms with Crippen molar-refractivity contribution in [3.05, 3.63) is 10.6 Å². The Morgan fingerprint density at radius 3 is 2.61 bits per heavy atom. The summed E-state index contributed by atoms with van der Waals surface area (Å²) in [4.78, 5) is 8.17. The molecular weight excluding hydrogens is 248 g/mol. The monoisotopic (exact) mass is 268 g/mol. The first kappa shape index (κ1) is 12.4. The van der Waals surface area contributed by atoms with Gasteiger partial charge in [0, 0.05) is 26.1 Å². The lowest BCUT2D eigenvalue weighted by Gasteiger charge is -2.30. The molecule has 100 valence electrons. The van der Waals surface area contributed by atoms with E-state index in [-0.39, 0.29) is 6.61 Å². The number of hydrogen-bond acceptors (Lipinski definition) is 5. The van der Waals surface area contributed by atoms with Gasteiger partial charge in [0.05, 0.1) is 23.3 Å². The van der Waals surface area contributed by atoms with Gasteiger partial charge in [-0.2, -0.15) is 0 Å². The highest BCUT2D eigenvalue weighted by atomic mass is 32.1. The molecule has 0 amide bonds. The van der Waals surface area contributed by atoms with E-state index < -0.39 is 0 Å². The summed E-state index contributed by atoms with van der Waals surface area (Å²) >= 11 is 1.67. The van der Waals surface area contributed by atoms with Crippen molar-refractivity contribution in [1.29, 1.82) is 0 Å². The van der Waals surface area contributed by atoms with Crippen LogP contribution in [0.3, 0.4) is 0 Å². The molecule has 1 saturated heterocycles. The molecule has 0 atom stereocenters. The summed E-state index contributed by atoms with van der Waals surface area (Å²) in [5.41, 5.74) is 1.16. The SMILES string of the molecule is COC1CCN(c2nc(C3CC3)c(CO)s2)CC1. The molecule has 0 aromatic carbocycles. The van der Waals surface area contributed by atoms with E-state index >= 15 is 0 Å². The molecule has 0 unspecified atom stereocenters. The van der Waals surface area contributed by atoms with Gasteiger partial charge in [0.25, 0.3) is 0 Å². The molecule has 3 rings (SSSR count). The fourth-order valence-corrected chi connectivity index (χ4v) is 3.62. The van der Waals surface area contributed by atoms with Gasteiger partial charge >= 0.3 is 0 Å². The van der Waals surface area contributed by atoms with Gasteiger partial charge in [0.2, 0.25) is 0 Å². The molecule has 18 heavy (non-hydrogen) atoms. The number of ether oxygens (including phenoxy) is 1. The van der Waals surface area contributed by atoms with Crippen LogP contribution in [0.2, 0.25) is 0 Å². The van der Waals surface area contributed by atoms with Crippen molar-refractivity contribution in [2.24, 2.45) is 0 Å². The molecule has 1 N–H and O–H groups in total. The van der Waals surface area contributed by atoms with Gasteiger partial charge in [0.15, 0.2) is 5.13 Å². The van der Waals surface area contributed by atoms with Crippen LogP contribution in [-0.4, -0.2) is 36.4 Å². The van der Waals surface area contributed by atoms with E-state index in [0.29, 0.717) is 12.0 Å². The summed E-state index contributed by atoms with van der Waals surface area (Å²) in [6.45, 7) is 2.17. The summed E-state index contributed by atoms with van der Waals surface area (Å²) in [6.07, 6.45) is 5.03. The van der Waals surface area contributed by atoms with E-state index in [1.165, 1.54) is 12.8 Å². The van der Waals surface area contributed by atoms with E-state index in [2.05, 4.69) is 4.90 Å². The Morgan fingerprint density at radius 1 is 1.33 bits per heavy atom. The van der Waals surface area contributed by atoms with Crippen molar-refractivity contribution in [2.75, 3.05) is 25.1 Å². The van der Waals surface area contributed by atoms with Crippen LogP contribution in [0.4, 0.5) is 5.13 Å². The first-order valence-electron chi connectivity index (χ1n) is 6.70. The Hall–Kier alpha value is -0.650. The van der Waals surface area contributed by atoms with Crippen molar-refractivity contribution >= 4 is 16.5 Å². The van der Waals surface area contributed by atoms with Crippen LogP contribution in [0.25, 0.3) is 0 Å². The molecule has 1 aromatic heterocycles. The molecule has 1 saturated carbocycles. The lowest BCUT2D eigenvalue weighted by Crippen LogP contribution is -2.36. The van der Waals surface area contributed by atoms with Crippen LogP contribution in [0, 0.1) is 0 Å². The number of aliphatic hydroxyl groups is 1. The number of aliphatic hydroxyl groups excluding tert-OH is 1. The molecule has 0 bridgehead atoms. The van der Waals surface area contributed by atoms with Gasteiger partial charge in [-0.1, -0.05) is 11.3 Å². The van der Waals surface area contributed by atoms with Crippen molar-refractivity contribution in [3.8, 4) is 0 Å². The van der Waals surface area contributed by atoms with Crippen molar-refractivity contribution in [1.82, 2.24) is 4.98 Å². The van der Waals surface area contributed by atoms with E-state index in [0.717, 1.165) is 41.6 Å². The molecule has 2 fully saturated rings. The Bertz CT molecular complexity index is 409. The number of methoxy groups -OCH3 is 1. The topological polar surface area (TPSA) is 45.6 Å². The number of piperidine rings is 1. The Balaban J connectivity index is 1.72. The summed E-state index contributed by atoms with van der Waals surface area (Å²) in [5.74, 6) is 0.619. The average Bonchev–Trinajstić information content (AvgIpc) is 3.18. The molecule has 0 radical (unpaired) electrons. The minimum Gasteiger partial charge on any atom is -0.391 e. The predicted molar refractivity (Wildman–Crippen MR) is 72.3 cm³/mol. The molecule has 1 aliphatic heterocycles. The van der Waals surface area contributed by atoms with Crippen LogP contribution in [-0.2, 0) is 11.3 Å². The summed E-state index contributed by atoms with van der Waals surface area (Å²) in [6, 6.07) is 0. The van der Waals surface area contributed by atoms with Crippen molar-refractivity contribution in [3.63, 3.8) is 0 Å². The third kappa shape index (κ3) is 2.39. The van der Waals surface area contributed by atoms with Crippen LogP contribution < -0.4 is 4.90 Å². The smallest absolute Gasteiger partial charge is 0.185 e. The number of thiazole rings is 1. The molecule has 1 aromatic rings. The summed E-state index contributed by atoms with van der Waals surface area (Å²) < 4.78 is 5.39. The Morgan fingerprint density at radius 2 is 2.06 bits per heavy atom. The molecule has 4 nitrogen and oxygen atoms in total. The zero-order valence-corrected chi connectivity index (χ0v) is 11.6. The number of anilines is 1. The maximum atomic E-state index is 9.42. The van der Waals surface area contributed by atoms with Crippen LogP contribution in [0.1, 0.15) is 42.2 Å². The average molecular weight is 268 g/mol. The first-order chi connectivity index (χ1) is 8.81. The number of hydrogen-bond donors (Lipinski definition) is 1. The normalized spacial score (nSPS) is 21.6. The molecule has 1 aliphatic carbocycles. The second-order valence-corrected chi connectivity index (χ2v) is 6.22. The van der Waals surface area contributed by atoms with Gasteiger partial charge in [-0.05, 0) is 25.7 Å². The molecule has 0 spiro atoms. The minimum atomic E-state index is 0.137. The fraction of sp³-hybridized carbons (Fsp3) is 0.769. The number of aromatic nitrogens is 1. The van der Waals surface area contributed by atoms with Crippen LogP contribution >= 0.6 is 11.3 Å². The molecule has 2 heterocycles. The van der Waals surface area contributed by atoms with Crippen molar-refractivity contribution < 1.29 is 9.84 Å². The highest BCUT2D eigenvalue weighted by Crippen LogP contribution is 2.44. The van der Waals surface area contributed by atoms with Gasteiger partial charge in [-0.25, -0.2) is 4.98 Å². The largest absolute Gasteiger partial charge is 0.391 e. The van der Waals surface area contributed by atoms with E-state index in [9.17, 15) is 5.11 Å². The van der Waals surface area contributed by atoms with Gasteiger partial charge in [-0.15, -0.1) is 0 Å². The van der Waals surface area contributed by atoms with Gasteiger partial charge in [-0.3, -0.25) is 0 Å². The zero-order valence-electron chi connectivity index (χ0n) is 10.8. The molecular formula is C13H20N2O2S. The van der Waals surface area contributed by atoms with E-state index in [4.69, 9.17) is 9.72 Å². The number of nitrogens with zero attached hydrogens (tertiary/aromatic N) is 2. The fourth-order valence-electron chi connectivity index (χ4n) is 2.56. The lowest BCUT2D eigenvalue weighted by molar-refractivity contribution is 0.0819. The molecule has 5 heteroatoms. The van der Waals surface area contributed by atoms with E-state index in [1.807, 2.05) is 0 Å². The third-order valence-corrected chi connectivity index (χ3v) is 4.99. The van der Waals surface area contributed by atoms with Gasteiger partial charge < -0.3 is 14.7 Å². The second kappa shape index (κ2) is 5.15. The maximum Gasteiger partial charge on any atom is 0.185 e. The zero-order chi connectivity index (χ0) is 12.5. The molecule has 2 aliphatic rings. The minimum absolute atomic E-state index is 0.137. The predicted octanol–water partition coefficient (Wildman–Crippen LogP) is 2.13. The van der Waals surface area contributed by atoms with E-state index in [1.54, 1.807) is 18.4 Å². The van der Waals surface area contributed by atoms with Gasteiger partial charge in [0.1, 0.15) is 0 Å². The van der Waals surface area contributed by atoms with Crippen LogP contribution in [0.15, 0.2) is 0 Å². The second-order valence-electron chi connectivity index (χ2n) is 5.16. The third-order valence-electron chi connectivity index (χ3n) is 3.87. The summed E-state index contributed by atoms with van der Waals surface area (Å²) in [5, 5.41) is 10.5. The Labute approximate surface area is 112 Å². The number of rotatable bonds is 4.